The molecule has 6 atom stereocenters. The second kappa shape index (κ2) is 19.8. The van der Waals surface area contributed by atoms with Crippen molar-refractivity contribution < 1.29 is 24.1 Å². The van der Waals surface area contributed by atoms with Gasteiger partial charge in [0.1, 0.15) is 29.9 Å². The lowest BCUT2D eigenvalue weighted by Gasteiger charge is -2.47. The lowest BCUT2D eigenvalue weighted by atomic mass is 9.92. The van der Waals surface area contributed by atoms with Crippen LogP contribution in [0.15, 0.2) is 126 Å². The Morgan fingerprint density at radius 1 is 0.574 bits per heavy atom. The second-order valence-electron chi connectivity index (χ2n) is 12.3. The standard InChI is InChI=1S/C41H50O5S/c1-2-3-4-5-6-19-28-36(42)37-38(43-29-32-20-11-7-12-21-32)39(44-30-33-22-13-8-14-23-33)40(45-31-34-24-15-9-16-25-34)41(46-37)47-35-26-17-10-18-27-35/h7-18,20-27,36-42H,2-6,19,28-31H2,1H3/t36?,37-,38-,39+,40-,41+/m1/s1. The van der Waals surface area contributed by atoms with Crippen LogP contribution in [0, 0.1) is 0 Å². The van der Waals surface area contributed by atoms with Crippen molar-refractivity contribution in [1.82, 2.24) is 0 Å². The summed E-state index contributed by atoms with van der Waals surface area (Å²) in [5, 5.41) is 11.8. The SMILES string of the molecule is CCCCCCCCC(O)[C@H]1O[C@@H](Sc2ccccc2)[C@H](OCc2ccccc2)[C@@H](OCc2ccccc2)[C@@H]1OCc1ccccc1. The molecular weight excluding hydrogens is 605 g/mol. The molecule has 0 radical (unpaired) electrons. The first-order chi connectivity index (χ1) is 23.2. The Labute approximate surface area is 285 Å². The van der Waals surface area contributed by atoms with Gasteiger partial charge < -0.3 is 24.1 Å². The number of aliphatic hydroxyl groups is 1. The fraction of sp³-hybridized carbons (Fsp3) is 0.415. The van der Waals surface area contributed by atoms with Gasteiger partial charge in [-0.25, -0.2) is 0 Å². The van der Waals surface area contributed by atoms with Crippen LogP contribution in [0.3, 0.4) is 0 Å². The Kier molecular flexibility index (Phi) is 14.9. The third-order valence-corrected chi connectivity index (χ3v) is 9.77. The fourth-order valence-electron chi connectivity index (χ4n) is 6.03. The molecule has 1 aliphatic rings. The highest BCUT2D eigenvalue weighted by molar-refractivity contribution is 7.99. The zero-order chi connectivity index (χ0) is 32.5. The molecule has 6 heteroatoms. The number of benzene rings is 4. The van der Waals surface area contributed by atoms with Gasteiger partial charge >= 0.3 is 0 Å². The number of aliphatic hydroxyl groups excluding tert-OH is 1. The minimum atomic E-state index is -0.710. The van der Waals surface area contributed by atoms with Crippen molar-refractivity contribution in [3.05, 3.63) is 138 Å². The van der Waals surface area contributed by atoms with Crippen molar-refractivity contribution in [2.75, 3.05) is 0 Å². The summed E-state index contributed by atoms with van der Waals surface area (Å²) in [5.41, 5.74) is 2.77. The molecule has 1 aliphatic heterocycles. The molecule has 1 fully saturated rings. The summed E-state index contributed by atoms with van der Waals surface area (Å²) >= 11 is 1.61. The molecule has 0 saturated carbocycles. The van der Waals surface area contributed by atoms with Crippen LogP contribution in [0.25, 0.3) is 0 Å². The van der Waals surface area contributed by atoms with Gasteiger partial charge in [-0.15, -0.1) is 0 Å². The Morgan fingerprint density at radius 3 is 1.55 bits per heavy atom. The van der Waals surface area contributed by atoms with Crippen molar-refractivity contribution in [3.63, 3.8) is 0 Å². The molecule has 4 aromatic carbocycles. The van der Waals surface area contributed by atoms with E-state index in [0.717, 1.165) is 34.4 Å². The minimum absolute atomic E-state index is 0.377. The quantitative estimate of drug-likeness (QED) is 0.102. The molecule has 1 unspecified atom stereocenters. The van der Waals surface area contributed by atoms with Gasteiger partial charge in [-0.2, -0.15) is 0 Å². The van der Waals surface area contributed by atoms with Gasteiger partial charge in [0.2, 0.25) is 0 Å². The monoisotopic (exact) mass is 654 g/mol. The van der Waals surface area contributed by atoms with Crippen molar-refractivity contribution >= 4 is 11.8 Å². The molecule has 250 valence electrons. The van der Waals surface area contributed by atoms with Gasteiger partial charge in [-0.05, 0) is 35.2 Å². The van der Waals surface area contributed by atoms with Crippen LogP contribution in [0.5, 0.6) is 0 Å². The van der Waals surface area contributed by atoms with E-state index in [0.29, 0.717) is 26.2 Å². The van der Waals surface area contributed by atoms with Crippen LogP contribution in [0.4, 0.5) is 0 Å². The molecule has 0 aromatic heterocycles. The molecule has 1 saturated heterocycles. The van der Waals surface area contributed by atoms with Crippen molar-refractivity contribution in [2.24, 2.45) is 0 Å². The lowest BCUT2D eigenvalue weighted by molar-refractivity contribution is -0.262. The first-order valence-corrected chi connectivity index (χ1v) is 18.1. The van der Waals surface area contributed by atoms with Crippen molar-refractivity contribution in [1.29, 1.82) is 0 Å². The highest BCUT2D eigenvalue weighted by Gasteiger charge is 2.50. The van der Waals surface area contributed by atoms with E-state index in [1.807, 2.05) is 72.8 Å². The van der Waals surface area contributed by atoms with E-state index in [-0.39, 0.29) is 0 Å². The smallest absolute Gasteiger partial charge is 0.137 e. The maximum atomic E-state index is 11.8. The molecule has 47 heavy (non-hydrogen) atoms. The molecule has 0 aliphatic carbocycles. The molecule has 0 amide bonds. The summed E-state index contributed by atoms with van der Waals surface area (Å²) in [4.78, 5) is 1.07. The van der Waals surface area contributed by atoms with Gasteiger partial charge in [0, 0.05) is 4.90 Å². The Balaban J connectivity index is 1.45. The van der Waals surface area contributed by atoms with Gasteiger partial charge in [0.05, 0.1) is 25.9 Å². The van der Waals surface area contributed by atoms with Crippen LogP contribution in [-0.4, -0.2) is 41.1 Å². The predicted molar refractivity (Wildman–Crippen MR) is 190 cm³/mol. The third kappa shape index (κ3) is 11.3. The predicted octanol–water partition coefficient (Wildman–Crippen LogP) is 9.37. The fourth-order valence-corrected chi connectivity index (χ4v) is 7.16. The van der Waals surface area contributed by atoms with Crippen LogP contribution < -0.4 is 0 Å². The number of unbranched alkanes of at least 4 members (excludes halogenated alkanes) is 5. The maximum Gasteiger partial charge on any atom is 0.137 e. The topological polar surface area (TPSA) is 57.2 Å². The van der Waals surface area contributed by atoms with Gasteiger partial charge in [-0.3, -0.25) is 0 Å². The van der Waals surface area contributed by atoms with E-state index in [1.54, 1.807) is 11.8 Å². The summed E-state index contributed by atoms with van der Waals surface area (Å²) in [5.74, 6) is 0. The molecule has 0 spiro atoms. The first kappa shape index (κ1) is 35.3. The third-order valence-electron chi connectivity index (χ3n) is 8.61. The average Bonchev–Trinajstić information content (AvgIpc) is 3.12. The second-order valence-corrected chi connectivity index (χ2v) is 13.5. The van der Waals surface area contributed by atoms with Crippen molar-refractivity contribution in [2.45, 2.75) is 113 Å². The van der Waals surface area contributed by atoms with E-state index in [2.05, 4.69) is 55.5 Å². The zero-order valence-electron chi connectivity index (χ0n) is 27.6. The van der Waals surface area contributed by atoms with E-state index in [9.17, 15) is 5.11 Å². The molecule has 5 nitrogen and oxygen atoms in total. The summed E-state index contributed by atoms with van der Waals surface area (Å²) < 4.78 is 27.3. The largest absolute Gasteiger partial charge is 0.390 e. The van der Waals surface area contributed by atoms with E-state index < -0.39 is 36.0 Å². The number of thioether (sulfide) groups is 1. The van der Waals surface area contributed by atoms with Crippen LogP contribution in [0.1, 0.15) is 68.6 Å². The summed E-state index contributed by atoms with van der Waals surface area (Å²) in [7, 11) is 0. The number of hydrogen-bond acceptors (Lipinski definition) is 6. The first-order valence-electron chi connectivity index (χ1n) is 17.2. The normalized spacial score (nSPS) is 21.8. The number of rotatable bonds is 19. The zero-order valence-corrected chi connectivity index (χ0v) is 28.4. The van der Waals surface area contributed by atoms with Crippen LogP contribution in [-0.2, 0) is 38.8 Å². The minimum Gasteiger partial charge on any atom is -0.390 e. The highest BCUT2D eigenvalue weighted by atomic mass is 32.2. The molecule has 1 N–H and O–H groups in total. The molecular formula is C41H50O5S. The molecule has 5 rings (SSSR count). The van der Waals surface area contributed by atoms with Crippen molar-refractivity contribution in [3.8, 4) is 0 Å². The summed E-state index contributed by atoms with van der Waals surface area (Å²) in [6, 6.07) is 40.8. The highest BCUT2D eigenvalue weighted by Crippen LogP contribution is 2.39. The van der Waals surface area contributed by atoms with E-state index in [1.165, 1.54) is 25.7 Å². The summed E-state index contributed by atoms with van der Waals surface area (Å²) in [6.45, 7) is 3.41. The Hall–Kier alpha value is -2.97. The lowest BCUT2D eigenvalue weighted by Crippen LogP contribution is -2.62. The average molecular weight is 655 g/mol. The van der Waals surface area contributed by atoms with Crippen LogP contribution in [0.2, 0.25) is 0 Å². The molecule has 4 aromatic rings. The van der Waals surface area contributed by atoms with Gasteiger partial charge in [0.15, 0.2) is 0 Å². The Morgan fingerprint density at radius 2 is 1.02 bits per heavy atom. The number of hydrogen-bond donors (Lipinski definition) is 1. The van der Waals surface area contributed by atoms with E-state index in [4.69, 9.17) is 18.9 Å². The van der Waals surface area contributed by atoms with Gasteiger partial charge in [-0.1, -0.05) is 166 Å². The molecule has 1 heterocycles. The van der Waals surface area contributed by atoms with Crippen LogP contribution >= 0.6 is 11.8 Å². The number of ether oxygens (including phenoxy) is 4. The Bertz CT molecular complexity index is 1370. The van der Waals surface area contributed by atoms with E-state index >= 15 is 0 Å². The maximum absolute atomic E-state index is 11.8. The van der Waals surface area contributed by atoms with Gasteiger partial charge in [0.25, 0.3) is 0 Å². The molecule has 0 bridgehead atoms. The summed E-state index contributed by atoms with van der Waals surface area (Å²) in [6.07, 6.45) is 4.76.